The van der Waals surface area contributed by atoms with E-state index in [4.69, 9.17) is 4.74 Å². The number of rotatable bonds is 3. The van der Waals surface area contributed by atoms with Crippen LogP contribution in [0.4, 0.5) is 4.39 Å². The van der Waals surface area contributed by atoms with Crippen molar-refractivity contribution >= 4 is 0 Å². The quantitative estimate of drug-likeness (QED) is 0.884. The second-order valence-electron chi connectivity index (χ2n) is 4.15. The Morgan fingerprint density at radius 3 is 2.76 bits per heavy atom. The summed E-state index contributed by atoms with van der Waals surface area (Å²) in [5.74, 6) is 0.332. The molecule has 17 heavy (non-hydrogen) atoms. The molecule has 0 atom stereocenters. The van der Waals surface area contributed by atoms with Gasteiger partial charge in [-0.3, -0.25) is 0 Å². The van der Waals surface area contributed by atoms with Gasteiger partial charge in [0.05, 0.1) is 13.4 Å². The molecule has 0 amide bonds. The summed E-state index contributed by atoms with van der Waals surface area (Å²) in [6.07, 6.45) is 1.50. The molecule has 0 aliphatic heterocycles. The lowest BCUT2D eigenvalue weighted by atomic mass is 9.99. The molecule has 0 aliphatic carbocycles. The Balaban J connectivity index is 2.57. The number of benzene rings is 1. The number of nitrogens with zero attached hydrogens (tertiary/aromatic N) is 1. The Labute approximate surface area is 99.7 Å². The maximum atomic E-state index is 14.3. The lowest BCUT2D eigenvalue weighted by Crippen LogP contribution is -1.96. The first-order chi connectivity index (χ1) is 8.15. The number of hydrogen-bond acceptors (Lipinski definition) is 2. The van der Waals surface area contributed by atoms with E-state index in [-0.39, 0.29) is 11.7 Å². The molecule has 0 radical (unpaired) electrons. The van der Waals surface area contributed by atoms with Crippen molar-refractivity contribution in [2.24, 2.45) is 0 Å². The highest BCUT2D eigenvalue weighted by Crippen LogP contribution is 2.31. The summed E-state index contributed by atoms with van der Waals surface area (Å²) in [6.45, 7) is 3.93. The van der Waals surface area contributed by atoms with Crippen molar-refractivity contribution in [2.75, 3.05) is 7.11 Å². The lowest BCUT2D eigenvalue weighted by molar-refractivity contribution is 0.401. The number of H-pyrrole nitrogens is 1. The van der Waals surface area contributed by atoms with Gasteiger partial charge >= 0.3 is 0 Å². The minimum absolute atomic E-state index is 0.142. The van der Waals surface area contributed by atoms with Crippen molar-refractivity contribution in [3.8, 4) is 17.1 Å². The summed E-state index contributed by atoms with van der Waals surface area (Å²) >= 11 is 0. The number of aromatic amines is 1. The molecule has 0 aliphatic rings. The van der Waals surface area contributed by atoms with Crippen LogP contribution in [0.3, 0.4) is 0 Å². The van der Waals surface area contributed by atoms with E-state index < -0.39 is 0 Å². The Kier molecular flexibility index (Phi) is 3.13. The second kappa shape index (κ2) is 4.57. The molecule has 4 heteroatoms. The van der Waals surface area contributed by atoms with Gasteiger partial charge in [-0.2, -0.15) is 0 Å². The number of nitrogens with one attached hydrogen (secondary N) is 1. The van der Waals surface area contributed by atoms with Crippen LogP contribution < -0.4 is 4.74 Å². The minimum Gasteiger partial charge on any atom is -0.479 e. The van der Waals surface area contributed by atoms with Gasteiger partial charge in [0.15, 0.2) is 0 Å². The number of hydrogen-bond donors (Lipinski definition) is 1. The third kappa shape index (κ3) is 2.02. The molecule has 2 aromatic rings. The van der Waals surface area contributed by atoms with Crippen LogP contribution in [-0.2, 0) is 0 Å². The van der Waals surface area contributed by atoms with Crippen LogP contribution in [0.5, 0.6) is 5.88 Å². The molecule has 0 saturated heterocycles. The molecule has 1 aromatic carbocycles. The van der Waals surface area contributed by atoms with Gasteiger partial charge in [0, 0.05) is 5.56 Å². The van der Waals surface area contributed by atoms with Crippen LogP contribution in [0.1, 0.15) is 25.3 Å². The molecule has 0 fully saturated rings. The Morgan fingerprint density at radius 1 is 1.35 bits per heavy atom. The molecular formula is C13H15FN2O. The van der Waals surface area contributed by atoms with Crippen molar-refractivity contribution in [3.05, 3.63) is 35.9 Å². The van der Waals surface area contributed by atoms with Gasteiger partial charge in [0.2, 0.25) is 5.88 Å². The fourth-order valence-corrected chi connectivity index (χ4v) is 1.82. The molecule has 0 unspecified atom stereocenters. The highest BCUT2D eigenvalue weighted by atomic mass is 19.1. The van der Waals surface area contributed by atoms with Gasteiger partial charge in [-0.15, -0.1) is 0 Å². The van der Waals surface area contributed by atoms with Gasteiger partial charge in [-0.05, 0) is 17.5 Å². The van der Waals surface area contributed by atoms with E-state index in [0.29, 0.717) is 22.7 Å². The first kappa shape index (κ1) is 11.6. The summed E-state index contributed by atoms with van der Waals surface area (Å²) < 4.78 is 19.4. The highest BCUT2D eigenvalue weighted by Gasteiger charge is 2.16. The molecule has 90 valence electrons. The second-order valence-corrected chi connectivity index (χ2v) is 4.15. The average molecular weight is 234 g/mol. The van der Waals surface area contributed by atoms with Crippen LogP contribution in [-0.4, -0.2) is 17.1 Å². The van der Waals surface area contributed by atoms with E-state index in [1.54, 1.807) is 12.1 Å². The number of halogens is 1. The van der Waals surface area contributed by atoms with Crippen molar-refractivity contribution < 1.29 is 9.13 Å². The summed E-state index contributed by atoms with van der Waals surface area (Å²) in [5.41, 5.74) is 1.76. The summed E-state index contributed by atoms with van der Waals surface area (Å²) in [4.78, 5) is 6.89. The first-order valence-corrected chi connectivity index (χ1v) is 5.51. The maximum Gasteiger partial charge on any atom is 0.239 e. The smallest absolute Gasteiger partial charge is 0.239 e. The number of imidazole rings is 1. The van der Waals surface area contributed by atoms with Gasteiger partial charge in [0.25, 0.3) is 0 Å². The van der Waals surface area contributed by atoms with Crippen molar-refractivity contribution in [1.29, 1.82) is 0 Å². The zero-order chi connectivity index (χ0) is 12.4. The summed E-state index contributed by atoms with van der Waals surface area (Å²) in [6, 6.07) is 5.36. The van der Waals surface area contributed by atoms with E-state index >= 15 is 0 Å². The van der Waals surface area contributed by atoms with E-state index in [0.717, 1.165) is 0 Å². The van der Waals surface area contributed by atoms with Crippen LogP contribution >= 0.6 is 0 Å². The predicted octanol–water partition coefficient (Wildman–Crippen LogP) is 3.35. The van der Waals surface area contributed by atoms with E-state index in [2.05, 4.69) is 9.97 Å². The first-order valence-electron chi connectivity index (χ1n) is 5.51. The van der Waals surface area contributed by atoms with Gasteiger partial charge in [0.1, 0.15) is 11.5 Å². The Morgan fingerprint density at radius 2 is 2.12 bits per heavy atom. The van der Waals surface area contributed by atoms with E-state index in [1.807, 2.05) is 19.9 Å². The van der Waals surface area contributed by atoms with Crippen LogP contribution in [0.25, 0.3) is 11.3 Å². The van der Waals surface area contributed by atoms with E-state index in [9.17, 15) is 4.39 Å². The van der Waals surface area contributed by atoms with Crippen LogP contribution in [0.2, 0.25) is 0 Å². The molecule has 1 aromatic heterocycles. The minimum atomic E-state index is -0.218. The fraction of sp³-hybridized carbons (Fsp3) is 0.308. The molecule has 0 saturated carbocycles. The number of ether oxygens (including phenoxy) is 1. The highest BCUT2D eigenvalue weighted by molar-refractivity contribution is 5.66. The zero-order valence-electron chi connectivity index (χ0n) is 10.1. The lowest BCUT2D eigenvalue weighted by Gasteiger charge is -2.10. The maximum absolute atomic E-state index is 14.3. The van der Waals surface area contributed by atoms with Gasteiger partial charge in [-0.1, -0.05) is 26.0 Å². The third-order valence-corrected chi connectivity index (χ3v) is 2.72. The van der Waals surface area contributed by atoms with Gasteiger partial charge in [-0.25, -0.2) is 9.37 Å². The zero-order valence-corrected chi connectivity index (χ0v) is 10.1. The van der Waals surface area contributed by atoms with Crippen molar-refractivity contribution in [1.82, 2.24) is 9.97 Å². The van der Waals surface area contributed by atoms with Crippen molar-refractivity contribution in [2.45, 2.75) is 19.8 Å². The van der Waals surface area contributed by atoms with Gasteiger partial charge < -0.3 is 9.72 Å². The Hall–Kier alpha value is -1.84. The topological polar surface area (TPSA) is 37.9 Å². The van der Waals surface area contributed by atoms with Crippen LogP contribution in [0.15, 0.2) is 24.5 Å². The molecule has 3 nitrogen and oxygen atoms in total. The molecule has 1 N–H and O–H groups in total. The SMILES string of the molecule is COc1nc[nH]c1-c1cccc(C(C)C)c1F. The average Bonchev–Trinajstić information content (AvgIpc) is 2.76. The van der Waals surface area contributed by atoms with Crippen LogP contribution in [0, 0.1) is 5.82 Å². The third-order valence-electron chi connectivity index (χ3n) is 2.72. The normalized spacial score (nSPS) is 10.9. The predicted molar refractivity (Wildman–Crippen MR) is 64.6 cm³/mol. The molecule has 1 heterocycles. The Bertz CT molecular complexity index is 520. The molecule has 0 bridgehead atoms. The molecular weight excluding hydrogens is 219 g/mol. The fourth-order valence-electron chi connectivity index (χ4n) is 1.82. The summed E-state index contributed by atoms with van der Waals surface area (Å²) in [5, 5.41) is 0. The monoisotopic (exact) mass is 234 g/mol. The standard InChI is InChI=1S/C13H15FN2O/c1-8(2)9-5-4-6-10(11(9)14)12-13(17-3)16-7-15-12/h4-8H,1-3H3,(H,15,16). The molecule has 0 spiro atoms. The molecule has 2 rings (SSSR count). The van der Waals surface area contributed by atoms with E-state index in [1.165, 1.54) is 13.4 Å². The number of aromatic nitrogens is 2. The van der Waals surface area contributed by atoms with Crippen molar-refractivity contribution in [3.63, 3.8) is 0 Å². The summed E-state index contributed by atoms with van der Waals surface area (Å²) in [7, 11) is 1.52. The largest absolute Gasteiger partial charge is 0.479 e. The number of methoxy groups -OCH3 is 1.